The number of esters is 1. The van der Waals surface area contributed by atoms with Gasteiger partial charge in [-0.3, -0.25) is 14.8 Å². The Morgan fingerprint density at radius 3 is 2.69 bits per heavy atom. The van der Waals surface area contributed by atoms with Crippen molar-refractivity contribution in [1.82, 2.24) is 9.97 Å². The molecule has 0 aromatic carbocycles. The third-order valence-electron chi connectivity index (χ3n) is 2.11. The first-order chi connectivity index (χ1) is 7.49. The molecule has 0 aliphatic heterocycles. The highest BCUT2D eigenvalue weighted by molar-refractivity contribution is 5.69. The predicted molar refractivity (Wildman–Crippen MR) is 60.8 cm³/mol. The zero-order chi connectivity index (χ0) is 12.1. The number of aryl methyl sites for hydroxylation is 2. The van der Waals surface area contributed by atoms with Crippen LogP contribution in [0.3, 0.4) is 0 Å². The van der Waals surface area contributed by atoms with Crippen LogP contribution in [0.4, 0.5) is 0 Å². The molecule has 0 amide bonds. The Morgan fingerprint density at radius 1 is 1.44 bits per heavy atom. The molecule has 16 heavy (non-hydrogen) atoms. The maximum atomic E-state index is 11.3. The summed E-state index contributed by atoms with van der Waals surface area (Å²) in [6.45, 7) is 7.93. The van der Waals surface area contributed by atoms with E-state index in [2.05, 4.69) is 9.97 Å². The summed E-state index contributed by atoms with van der Waals surface area (Å²) < 4.78 is 5.12. The minimum Gasteiger partial charge on any atom is -0.459 e. The highest BCUT2D eigenvalue weighted by Crippen LogP contribution is 2.06. The van der Waals surface area contributed by atoms with Crippen LogP contribution in [0, 0.1) is 19.8 Å². The number of hydrogen-bond acceptors (Lipinski definition) is 4. The van der Waals surface area contributed by atoms with E-state index in [1.807, 2.05) is 27.7 Å². The van der Waals surface area contributed by atoms with Gasteiger partial charge in [0.05, 0.1) is 17.1 Å². The van der Waals surface area contributed by atoms with Gasteiger partial charge in [0.15, 0.2) is 0 Å². The second-order valence-electron chi connectivity index (χ2n) is 4.30. The summed E-state index contributed by atoms with van der Waals surface area (Å²) in [7, 11) is 0. The summed E-state index contributed by atoms with van der Waals surface area (Å²) in [5.41, 5.74) is 2.41. The number of hydrogen-bond donors (Lipinski definition) is 0. The van der Waals surface area contributed by atoms with Crippen molar-refractivity contribution in [3.05, 3.63) is 23.3 Å². The van der Waals surface area contributed by atoms with E-state index in [-0.39, 0.29) is 12.6 Å². The Morgan fingerprint density at radius 2 is 2.12 bits per heavy atom. The van der Waals surface area contributed by atoms with Crippen molar-refractivity contribution in [3.63, 3.8) is 0 Å². The van der Waals surface area contributed by atoms with Crippen LogP contribution in [-0.4, -0.2) is 15.9 Å². The second kappa shape index (κ2) is 5.58. The van der Waals surface area contributed by atoms with Gasteiger partial charge in [-0.2, -0.15) is 0 Å². The first-order valence-electron chi connectivity index (χ1n) is 5.43. The fourth-order valence-electron chi connectivity index (χ4n) is 1.31. The van der Waals surface area contributed by atoms with Crippen molar-refractivity contribution in [3.8, 4) is 0 Å². The van der Waals surface area contributed by atoms with E-state index in [9.17, 15) is 4.79 Å². The van der Waals surface area contributed by atoms with Gasteiger partial charge in [-0.25, -0.2) is 0 Å². The van der Waals surface area contributed by atoms with Gasteiger partial charge in [0.1, 0.15) is 6.61 Å². The minimum atomic E-state index is -0.184. The fourth-order valence-corrected chi connectivity index (χ4v) is 1.31. The minimum absolute atomic E-state index is 0.184. The molecule has 0 saturated heterocycles. The van der Waals surface area contributed by atoms with Crippen LogP contribution in [0.5, 0.6) is 0 Å². The van der Waals surface area contributed by atoms with Crippen LogP contribution in [-0.2, 0) is 16.1 Å². The molecular formula is C12H18N2O2. The summed E-state index contributed by atoms with van der Waals surface area (Å²) in [4.78, 5) is 19.8. The molecule has 0 aliphatic carbocycles. The molecule has 88 valence electrons. The van der Waals surface area contributed by atoms with E-state index in [4.69, 9.17) is 4.74 Å². The Hall–Kier alpha value is -1.45. The average molecular weight is 222 g/mol. The van der Waals surface area contributed by atoms with Crippen LogP contribution in [0.15, 0.2) is 6.20 Å². The molecule has 0 atom stereocenters. The standard InChI is InChI=1S/C12H18N2O2/c1-8(2)5-12(15)16-7-11-10(4)14-9(3)6-13-11/h6,8H,5,7H2,1-4H3. The van der Waals surface area contributed by atoms with Crippen molar-refractivity contribution in [2.24, 2.45) is 5.92 Å². The topological polar surface area (TPSA) is 52.1 Å². The maximum Gasteiger partial charge on any atom is 0.306 e. The van der Waals surface area contributed by atoms with Crippen molar-refractivity contribution in [1.29, 1.82) is 0 Å². The number of carbonyl (C=O) groups excluding carboxylic acids is 1. The lowest BCUT2D eigenvalue weighted by Crippen LogP contribution is -2.09. The molecule has 0 N–H and O–H groups in total. The summed E-state index contributed by atoms with van der Waals surface area (Å²) in [5.74, 6) is 0.134. The van der Waals surface area contributed by atoms with Crippen molar-refractivity contribution < 1.29 is 9.53 Å². The molecule has 0 fully saturated rings. The molecule has 1 heterocycles. The first kappa shape index (κ1) is 12.6. The lowest BCUT2D eigenvalue weighted by atomic mass is 10.1. The molecule has 0 saturated carbocycles. The zero-order valence-corrected chi connectivity index (χ0v) is 10.3. The van der Waals surface area contributed by atoms with Gasteiger partial charge in [0.2, 0.25) is 0 Å². The molecule has 4 nitrogen and oxygen atoms in total. The molecule has 0 aliphatic rings. The molecular weight excluding hydrogens is 204 g/mol. The number of nitrogens with zero attached hydrogens (tertiary/aromatic N) is 2. The van der Waals surface area contributed by atoms with E-state index in [0.717, 1.165) is 17.1 Å². The zero-order valence-electron chi connectivity index (χ0n) is 10.3. The summed E-state index contributed by atoms with van der Waals surface area (Å²) >= 11 is 0. The summed E-state index contributed by atoms with van der Waals surface area (Å²) in [5, 5.41) is 0. The number of rotatable bonds is 4. The average Bonchev–Trinajstić information content (AvgIpc) is 2.15. The van der Waals surface area contributed by atoms with E-state index in [1.54, 1.807) is 6.20 Å². The third kappa shape index (κ3) is 3.96. The first-order valence-corrected chi connectivity index (χ1v) is 5.43. The fraction of sp³-hybridized carbons (Fsp3) is 0.583. The van der Waals surface area contributed by atoms with Gasteiger partial charge in [-0.15, -0.1) is 0 Å². The second-order valence-corrected chi connectivity index (χ2v) is 4.30. The third-order valence-corrected chi connectivity index (χ3v) is 2.11. The number of ether oxygens (including phenoxy) is 1. The number of aromatic nitrogens is 2. The molecule has 4 heteroatoms. The van der Waals surface area contributed by atoms with Crippen molar-refractivity contribution in [2.75, 3.05) is 0 Å². The van der Waals surface area contributed by atoms with Crippen molar-refractivity contribution in [2.45, 2.75) is 40.7 Å². The van der Waals surface area contributed by atoms with Gasteiger partial charge >= 0.3 is 5.97 Å². The molecule has 0 radical (unpaired) electrons. The molecule has 0 bridgehead atoms. The van der Waals surface area contributed by atoms with Gasteiger partial charge in [-0.1, -0.05) is 13.8 Å². The lowest BCUT2D eigenvalue weighted by molar-refractivity contribution is -0.145. The SMILES string of the molecule is Cc1cnc(COC(=O)CC(C)C)c(C)n1. The summed E-state index contributed by atoms with van der Waals surface area (Å²) in [6.07, 6.45) is 2.12. The maximum absolute atomic E-state index is 11.3. The van der Waals surface area contributed by atoms with E-state index in [1.165, 1.54) is 0 Å². The quantitative estimate of drug-likeness (QED) is 0.733. The largest absolute Gasteiger partial charge is 0.459 e. The predicted octanol–water partition coefficient (Wildman–Crippen LogP) is 2.18. The summed E-state index contributed by atoms with van der Waals surface area (Å²) in [6, 6.07) is 0. The van der Waals surface area contributed by atoms with Crippen LogP contribution >= 0.6 is 0 Å². The highest BCUT2D eigenvalue weighted by Gasteiger charge is 2.08. The van der Waals surface area contributed by atoms with Crippen LogP contribution in [0.25, 0.3) is 0 Å². The molecule has 0 spiro atoms. The van der Waals surface area contributed by atoms with Crippen LogP contribution in [0.2, 0.25) is 0 Å². The van der Waals surface area contributed by atoms with Crippen LogP contribution < -0.4 is 0 Å². The Labute approximate surface area is 96.1 Å². The van der Waals surface area contributed by atoms with Crippen LogP contribution in [0.1, 0.15) is 37.4 Å². The normalized spacial score (nSPS) is 10.6. The van der Waals surface area contributed by atoms with Crippen molar-refractivity contribution >= 4 is 5.97 Å². The molecule has 1 aromatic rings. The highest BCUT2D eigenvalue weighted by atomic mass is 16.5. The Balaban J connectivity index is 2.51. The van der Waals surface area contributed by atoms with E-state index in [0.29, 0.717) is 12.3 Å². The molecule has 0 unspecified atom stereocenters. The smallest absolute Gasteiger partial charge is 0.306 e. The Kier molecular flexibility index (Phi) is 4.40. The molecule has 1 aromatic heterocycles. The number of carbonyl (C=O) groups is 1. The van der Waals surface area contributed by atoms with E-state index >= 15 is 0 Å². The lowest BCUT2D eigenvalue weighted by Gasteiger charge is -2.07. The van der Waals surface area contributed by atoms with Gasteiger partial charge < -0.3 is 4.74 Å². The van der Waals surface area contributed by atoms with Gasteiger partial charge in [-0.05, 0) is 19.8 Å². The van der Waals surface area contributed by atoms with Gasteiger partial charge in [0.25, 0.3) is 0 Å². The molecule has 1 rings (SSSR count). The van der Waals surface area contributed by atoms with Gasteiger partial charge in [0, 0.05) is 12.6 Å². The van der Waals surface area contributed by atoms with E-state index < -0.39 is 0 Å². The Bertz CT molecular complexity index is 375. The monoisotopic (exact) mass is 222 g/mol.